The summed E-state index contributed by atoms with van der Waals surface area (Å²) in [6.07, 6.45) is 0.950. The lowest BCUT2D eigenvalue weighted by Gasteiger charge is -2.34. The van der Waals surface area contributed by atoms with E-state index in [4.69, 9.17) is 11.5 Å². The Kier molecular flexibility index (Phi) is 3.36. The summed E-state index contributed by atoms with van der Waals surface area (Å²) in [5.41, 5.74) is 13.2. The van der Waals surface area contributed by atoms with Crippen LogP contribution in [-0.4, -0.2) is 30.1 Å². The molecular formula is C12H19N3. The van der Waals surface area contributed by atoms with Gasteiger partial charge in [0.2, 0.25) is 0 Å². The molecule has 0 aliphatic carbocycles. The first-order chi connectivity index (χ1) is 7.24. The molecule has 0 saturated carbocycles. The average Bonchev–Trinajstić information content (AvgIpc) is 2.17. The summed E-state index contributed by atoms with van der Waals surface area (Å²) in [5.74, 6) is 0. The number of likely N-dealkylation sites (tertiary alicyclic amines) is 1. The molecule has 1 saturated heterocycles. The van der Waals surface area contributed by atoms with Crippen LogP contribution in [0.2, 0.25) is 0 Å². The van der Waals surface area contributed by atoms with Crippen molar-refractivity contribution in [2.45, 2.75) is 25.0 Å². The molecule has 1 aromatic carbocycles. The summed E-state index contributed by atoms with van der Waals surface area (Å²) in [7, 11) is 0. The van der Waals surface area contributed by atoms with Gasteiger partial charge in [0.05, 0.1) is 0 Å². The van der Waals surface area contributed by atoms with Crippen LogP contribution in [0.4, 0.5) is 0 Å². The summed E-state index contributed by atoms with van der Waals surface area (Å²) >= 11 is 0. The molecule has 1 aliphatic rings. The number of piperidine rings is 1. The van der Waals surface area contributed by atoms with Crippen molar-refractivity contribution < 1.29 is 0 Å². The third-order valence-corrected chi connectivity index (χ3v) is 2.84. The van der Waals surface area contributed by atoms with Crippen LogP contribution >= 0.6 is 0 Å². The molecule has 82 valence electrons. The maximum absolute atomic E-state index is 5.95. The Labute approximate surface area is 91.1 Å². The van der Waals surface area contributed by atoms with Crippen LogP contribution in [0.1, 0.15) is 12.0 Å². The van der Waals surface area contributed by atoms with Gasteiger partial charge in [0.1, 0.15) is 0 Å². The van der Waals surface area contributed by atoms with Crippen LogP contribution in [-0.2, 0) is 6.54 Å². The van der Waals surface area contributed by atoms with Gasteiger partial charge in [-0.05, 0) is 12.0 Å². The van der Waals surface area contributed by atoms with E-state index in [1.54, 1.807) is 0 Å². The van der Waals surface area contributed by atoms with Gasteiger partial charge in [-0.2, -0.15) is 0 Å². The third kappa shape index (κ3) is 3.02. The first-order valence-electron chi connectivity index (χ1n) is 5.51. The minimum Gasteiger partial charge on any atom is -0.326 e. The first kappa shape index (κ1) is 10.6. The lowest BCUT2D eigenvalue weighted by atomic mass is 10.0. The van der Waals surface area contributed by atoms with Gasteiger partial charge in [-0.3, -0.25) is 4.90 Å². The zero-order valence-electron chi connectivity index (χ0n) is 8.97. The van der Waals surface area contributed by atoms with Crippen molar-refractivity contribution >= 4 is 0 Å². The highest BCUT2D eigenvalue weighted by molar-refractivity contribution is 5.14. The van der Waals surface area contributed by atoms with E-state index < -0.39 is 0 Å². The van der Waals surface area contributed by atoms with Crippen molar-refractivity contribution in [1.29, 1.82) is 0 Å². The van der Waals surface area contributed by atoms with E-state index in [1.165, 1.54) is 5.56 Å². The average molecular weight is 205 g/mol. The molecule has 1 fully saturated rings. The summed E-state index contributed by atoms with van der Waals surface area (Å²) in [5, 5.41) is 0. The van der Waals surface area contributed by atoms with Gasteiger partial charge in [-0.1, -0.05) is 30.3 Å². The Morgan fingerprint density at radius 3 is 2.27 bits per heavy atom. The van der Waals surface area contributed by atoms with Crippen LogP contribution in [0.15, 0.2) is 30.3 Å². The zero-order valence-corrected chi connectivity index (χ0v) is 8.97. The van der Waals surface area contributed by atoms with Gasteiger partial charge in [0.25, 0.3) is 0 Å². The highest BCUT2D eigenvalue weighted by Crippen LogP contribution is 2.11. The van der Waals surface area contributed by atoms with Gasteiger partial charge in [-0.15, -0.1) is 0 Å². The van der Waals surface area contributed by atoms with Gasteiger partial charge in [-0.25, -0.2) is 0 Å². The maximum Gasteiger partial charge on any atom is 0.0235 e. The molecule has 3 heteroatoms. The highest BCUT2D eigenvalue weighted by atomic mass is 15.2. The molecule has 0 radical (unpaired) electrons. The SMILES string of the molecule is N[C@@H]1C[C@H](N)CN(Cc2ccccc2)C1. The predicted octanol–water partition coefficient (Wildman–Crippen LogP) is 0.547. The fourth-order valence-corrected chi connectivity index (χ4v) is 2.25. The summed E-state index contributed by atoms with van der Waals surface area (Å²) < 4.78 is 0. The van der Waals surface area contributed by atoms with E-state index in [0.717, 1.165) is 26.1 Å². The molecule has 0 aromatic heterocycles. The van der Waals surface area contributed by atoms with Gasteiger partial charge < -0.3 is 11.5 Å². The first-order valence-corrected chi connectivity index (χ1v) is 5.51. The van der Waals surface area contributed by atoms with E-state index in [1.807, 2.05) is 6.07 Å². The molecule has 3 nitrogen and oxygen atoms in total. The van der Waals surface area contributed by atoms with Crippen molar-refractivity contribution in [1.82, 2.24) is 4.90 Å². The van der Waals surface area contributed by atoms with Crippen LogP contribution in [0.5, 0.6) is 0 Å². The highest BCUT2D eigenvalue weighted by Gasteiger charge is 2.22. The second-order valence-corrected chi connectivity index (χ2v) is 4.44. The van der Waals surface area contributed by atoms with E-state index in [9.17, 15) is 0 Å². The maximum atomic E-state index is 5.95. The Morgan fingerprint density at radius 2 is 1.67 bits per heavy atom. The number of nitrogens with two attached hydrogens (primary N) is 2. The summed E-state index contributed by atoms with van der Waals surface area (Å²) in [4.78, 5) is 2.34. The number of hydrogen-bond acceptors (Lipinski definition) is 3. The Morgan fingerprint density at radius 1 is 1.07 bits per heavy atom. The molecule has 0 amide bonds. The van der Waals surface area contributed by atoms with Crippen molar-refractivity contribution in [3.05, 3.63) is 35.9 Å². The molecule has 0 unspecified atom stereocenters. The Balaban J connectivity index is 1.94. The Bertz CT molecular complexity index is 289. The fourth-order valence-electron chi connectivity index (χ4n) is 2.25. The third-order valence-electron chi connectivity index (χ3n) is 2.84. The minimum atomic E-state index is 0.234. The molecule has 1 aromatic rings. The van der Waals surface area contributed by atoms with E-state index in [-0.39, 0.29) is 12.1 Å². The normalized spacial score (nSPS) is 27.9. The molecule has 4 N–H and O–H groups in total. The molecular weight excluding hydrogens is 186 g/mol. The lowest BCUT2D eigenvalue weighted by molar-refractivity contribution is 0.183. The van der Waals surface area contributed by atoms with Crippen molar-refractivity contribution in [2.75, 3.05) is 13.1 Å². The quantitative estimate of drug-likeness (QED) is 0.741. The van der Waals surface area contributed by atoms with Crippen molar-refractivity contribution in [3.63, 3.8) is 0 Å². The molecule has 0 bridgehead atoms. The van der Waals surface area contributed by atoms with Crippen LogP contribution in [0.3, 0.4) is 0 Å². The number of hydrogen-bond donors (Lipinski definition) is 2. The lowest BCUT2D eigenvalue weighted by Crippen LogP contribution is -2.51. The molecule has 2 rings (SSSR count). The summed E-state index contributed by atoms with van der Waals surface area (Å²) in [6, 6.07) is 10.9. The van der Waals surface area contributed by atoms with E-state index >= 15 is 0 Å². The van der Waals surface area contributed by atoms with Crippen molar-refractivity contribution in [2.24, 2.45) is 11.5 Å². The van der Waals surface area contributed by atoms with Crippen LogP contribution in [0.25, 0.3) is 0 Å². The topological polar surface area (TPSA) is 55.3 Å². The van der Waals surface area contributed by atoms with Gasteiger partial charge >= 0.3 is 0 Å². The molecule has 1 heterocycles. The molecule has 0 spiro atoms. The van der Waals surface area contributed by atoms with Gasteiger partial charge in [0, 0.05) is 31.7 Å². The van der Waals surface area contributed by atoms with E-state index in [2.05, 4.69) is 29.2 Å². The van der Waals surface area contributed by atoms with Crippen LogP contribution < -0.4 is 11.5 Å². The summed E-state index contributed by atoms with van der Waals surface area (Å²) in [6.45, 7) is 2.88. The minimum absolute atomic E-state index is 0.234. The number of benzene rings is 1. The van der Waals surface area contributed by atoms with Crippen molar-refractivity contribution in [3.8, 4) is 0 Å². The molecule has 15 heavy (non-hydrogen) atoms. The van der Waals surface area contributed by atoms with Crippen LogP contribution in [0, 0.1) is 0 Å². The predicted molar refractivity (Wildman–Crippen MR) is 62.3 cm³/mol. The number of rotatable bonds is 2. The van der Waals surface area contributed by atoms with E-state index in [0.29, 0.717) is 0 Å². The standard InChI is InChI=1S/C12H19N3/c13-11-6-12(14)9-15(8-11)7-10-4-2-1-3-5-10/h1-5,11-12H,6-9,13-14H2/t11-,12+. The largest absolute Gasteiger partial charge is 0.326 e. The molecule has 1 aliphatic heterocycles. The monoisotopic (exact) mass is 205 g/mol. The fraction of sp³-hybridized carbons (Fsp3) is 0.500. The smallest absolute Gasteiger partial charge is 0.0235 e. The Hall–Kier alpha value is -0.900. The number of nitrogens with zero attached hydrogens (tertiary/aromatic N) is 1. The second-order valence-electron chi connectivity index (χ2n) is 4.44. The second kappa shape index (κ2) is 4.75. The van der Waals surface area contributed by atoms with Gasteiger partial charge in [0.15, 0.2) is 0 Å². The molecule has 2 atom stereocenters. The zero-order chi connectivity index (χ0) is 10.7.